The van der Waals surface area contributed by atoms with Crippen molar-refractivity contribution in [2.45, 2.75) is 13.0 Å². The number of rotatable bonds is 2. The zero-order valence-electron chi connectivity index (χ0n) is 12.0. The fraction of sp³-hybridized carbons (Fsp3) is 0.312. The van der Waals surface area contributed by atoms with Crippen LogP contribution in [-0.2, 0) is 4.74 Å². The molecule has 21 heavy (non-hydrogen) atoms. The number of hydrogen-bond acceptors (Lipinski definition) is 5. The van der Waals surface area contributed by atoms with Gasteiger partial charge in [-0.25, -0.2) is 0 Å². The van der Waals surface area contributed by atoms with Crippen LogP contribution in [-0.4, -0.2) is 31.2 Å². The third-order valence-corrected chi connectivity index (χ3v) is 3.80. The van der Waals surface area contributed by atoms with E-state index in [4.69, 9.17) is 14.2 Å². The number of ketones is 1. The van der Waals surface area contributed by atoms with Gasteiger partial charge in [-0.1, -0.05) is 0 Å². The molecule has 5 nitrogen and oxygen atoms in total. The Hall–Kier alpha value is -2.43. The Morgan fingerprint density at radius 3 is 2.67 bits per heavy atom. The lowest BCUT2D eigenvalue weighted by atomic mass is 9.83. The van der Waals surface area contributed by atoms with E-state index in [2.05, 4.69) is 0 Å². The summed E-state index contributed by atoms with van der Waals surface area (Å²) in [6, 6.07) is 3.46. The van der Waals surface area contributed by atoms with Crippen LogP contribution in [0.25, 0.3) is 0 Å². The number of ether oxygens (including phenoxy) is 3. The van der Waals surface area contributed by atoms with Crippen LogP contribution in [0.15, 0.2) is 35.8 Å². The summed E-state index contributed by atoms with van der Waals surface area (Å²) in [7, 11) is 3.06. The van der Waals surface area contributed by atoms with Crippen molar-refractivity contribution in [2.24, 2.45) is 5.92 Å². The summed E-state index contributed by atoms with van der Waals surface area (Å²) in [5.74, 6) is 0.670. The van der Waals surface area contributed by atoms with E-state index in [0.29, 0.717) is 22.8 Å². The van der Waals surface area contributed by atoms with Crippen LogP contribution in [0.2, 0.25) is 0 Å². The summed E-state index contributed by atoms with van der Waals surface area (Å²) >= 11 is 0. The maximum absolute atomic E-state index is 12.7. The van der Waals surface area contributed by atoms with Crippen molar-refractivity contribution in [3.63, 3.8) is 0 Å². The normalized spacial score (nSPS) is 23.3. The number of fused-ring (bicyclic) bond motifs is 2. The molecule has 2 aliphatic rings. The minimum atomic E-state index is -0.719. The van der Waals surface area contributed by atoms with Crippen LogP contribution >= 0.6 is 0 Å². The van der Waals surface area contributed by atoms with Crippen molar-refractivity contribution in [1.82, 2.24) is 0 Å². The molecular weight excluding hydrogens is 272 g/mol. The molecule has 3 rings (SSSR count). The number of carbonyl (C=O) groups is 1. The minimum Gasteiger partial charge on any atom is -0.511 e. The average molecular weight is 288 g/mol. The summed E-state index contributed by atoms with van der Waals surface area (Å²) in [5.41, 5.74) is 1.26. The standard InChI is InChI=1S/C16H16O5/c1-8-4-9(19-2)6-12-14(8)16(18)15-11(17)5-10(20-3)7-13(15)21-12/h4-7,13,15,17H,1-3H3. The number of hydrogen-bond donors (Lipinski definition) is 1. The number of aliphatic hydroxyl groups excluding tert-OH is 1. The number of methoxy groups -OCH3 is 2. The topological polar surface area (TPSA) is 65.0 Å². The molecule has 110 valence electrons. The van der Waals surface area contributed by atoms with Crippen LogP contribution in [0.3, 0.4) is 0 Å². The van der Waals surface area contributed by atoms with Gasteiger partial charge in [0.05, 0.1) is 19.8 Å². The molecule has 0 aromatic heterocycles. The summed E-state index contributed by atoms with van der Waals surface area (Å²) in [4.78, 5) is 12.7. The van der Waals surface area contributed by atoms with Gasteiger partial charge in [-0.15, -0.1) is 0 Å². The molecule has 1 aliphatic carbocycles. The largest absolute Gasteiger partial charge is 0.511 e. The van der Waals surface area contributed by atoms with Gasteiger partial charge >= 0.3 is 0 Å². The van der Waals surface area contributed by atoms with Crippen molar-refractivity contribution in [2.75, 3.05) is 14.2 Å². The molecule has 5 heteroatoms. The molecule has 0 fully saturated rings. The lowest BCUT2D eigenvalue weighted by Gasteiger charge is -2.33. The first kappa shape index (κ1) is 13.5. The first-order valence-electron chi connectivity index (χ1n) is 6.61. The highest BCUT2D eigenvalue weighted by Crippen LogP contribution is 2.40. The Morgan fingerprint density at radius 2 is 2.00 bits per heavy atom. The second-order valence-electron chi connectivity index (χ2n) is 5.08. The van der Waals surface area contributed by atoms with Gasteiger partial charge in [0.1, 0.15) is 35.0 Å². The Bertz CT molecular complexity index is 671. The molecule has 0 radical (unpaired) electrons. The maximum Gasteiger partial charge on any atom is 0.181 e. The highest BCUT2D eigenvalue weighted by Gasteiger charge is 2.42. The van der Waals surface area contributed by atoms with Crippen LogP contribution < -0.4 is 9.47 Å². The Balaban J connectivity index is 2.11. The Kier molecular flexibility index (Phi) is 3.12. The minimum absolute atomic E-state index is 0.0368. The zero-order chi connectivity index (χ0) is 15.1. The molecular formula is C16H16O5. The van der Waals surface area contributed by atoms with E-state index in [-0.39, 0.29) is 11.5 Å². The van der Waals surface area contributed by atoms with Crippen molar-refractivity contribution >= 4 is 5.78 Å². The third kappa shape index (κ3) is 2.05. The molecule has 0 saturated carbocycles. The molecule has 0 amide bonds. The molecule has 2 unspecified atom stereocenters. The number of allylic oxidation sites excluding steroid dienone is 1. The van der Waals surface area contributed by atoms with Gasteiger partial charge in [0.15, 0.2) is 5.78 Å². The van der Waals surface area contributed by atoms with E-state index in [9.17, 15) is 9.90 Å². The van der Waals surface area contributed by atoms with Gasteiger partial charge in [-0.3, -0.25) is 4.79 Å². The van der Waals surface area contributed by atoms with E-state index >= 15 is 0 Å². The van der Waals surface area contributed by atoms with Gasteiger partial charge in [0, 0.05) is 12.1 Å². The van der Waals surface area contributed by atoms with E-state index in [1.54, 1.807) is 25.3 Å². The molecule has 0 spiro atoms. The van der Waals surface area contributed by atoms with Gasteiger partial charge in [0.25, 0.3) is 0 Å². The fourth-order valence-electron chi connectivity index (χ4n) is 2.77. The number of carbonyl (C=O) groups excluding carboxylic acids is 1. The fourth-order valence-corrected chi connectivity index (χ4v) is 2.77. The Labute approximate surface area is 122 Å². The smallest absolute Gasteiger partial charge is 0.181 e. The molecule has 1 aliphatic heterocycles. The summed E-state index contributed by atoms with van der Waals surface area (Å²) in [6.07, 6.45) is 2.57. The highest BCUT2D eigenvalue weighted by atomic mass is 16.5. The van der Waals surface area contributed by atoms with Crippen molar-refractivity contribution in [1.29, 1.82) is 0 Å². The lowest BCUT2D eigenvalue weighted by molar-refractivity contribution is 0.0713. The van der Waals surface area contributed by atoms with Gasteiger partial charge in [0.2, 0.25) is 0 Å². The first-order chi connectivity index (χ1) is 10.0. The summed E-state index contributed by atoms with van der Waals surface area (Å²) < 4.78 is 16.2. The van der Waals surface area contributed by atoms with E-state index in [0.717, 1.165) is 5.56 Å². The number of benzene rings is 1. The molecule has 0 bridgehead atoms. The van der Waals surface area contributed by atoms with E-state index in [1.807, 2.05) is 6.92 Å². The third-order valence-electron chi connectivity index (χ3n) is 3.80. The van der Waals surface area contributed by atoms with Crippen LogP contribution in [0.5, 0.6) is 11.5 Å². The lowest BCUT2D eigenvalue weighted by Crippen LogP contribution is -2.40. The van der Waals surface area contributed by atoms with Crippen LogP contribution in [0.1, 0.15) is 15.9 Å². The number of aliphatic hydroxyl groups is 1. The molecule has 1 aromatic rings. The van der Waals surface area contributed by atoms with Crippen LogP contribution in [0, 0.1) is 12.8 Å². The van der Waals surface area contributed by atoms with Gasteiger partial charge in [-0.2, -0.15) is 0 Å². The number of Topliss-reactive ketones (excluding diaryl/α,β-unsaturated/α-hetero) is 1. The SMILES string of the molecule is COC1=CC2Oc3cc(OC)cc(C)c3C(=O)C2C(O)=C1. The maximum atomic E-state index is 12.7. The second kappa shape index (κ2) is 4.84. The average Bonchev–Trinajstić information content (AvgIpc) is 2.45. The Morgan fingerprint density at radius 1 is 1.24 bits per heavy atom. The quantitative estimate of drug-likeness (QED) is 0.906. The number of aryl methyl sites for hydroxylation is 1. The van der Waals surface area contributed by atoms with Crippen LogP contribution in [0.4, 0.5) is 0 Å². The van der Waals surface area contributed by atoms with Gasteiger partial charge in [-0.05, 0) is 24.6 Å². The molecule has 1 heterocycles. The van der Waals surface area contributed by atoms with Crippen molar-refractivity contribution < 1.29 is 24.1 Å². The molecule has 1 aromatic carbocycles. The van der Waals surface area contributed by atoms with Gasteiger partial charge < -0.3 is 19.3 Å². The second-order valence-corrected chi connectivity index (χ2v) is 5.08. The predicted molar refractivity (Wildman–Crippen MR) is 75.8 cm³/mol. The summed E-state index contributed by atoms with van der Waals surface area (Å²) in [6.45, 7) is 1.82. The van der Waals surface area contributed by atoms with E-state index < -0.39 is 12.0 Å². The van der Waals surface area contributed by atoms with Crippen molar-refractivity contribution in [3.8, 4) is 11.5 Å². The highest BCUT2D eigenvalue weighted by molar-refractivity contribution is 6.04. The van der Waals surface area contributed by atoms with E-state index in [1.165, 1.54) is 13.2 Å². The monoisotopic (exact) mass is 288 g/mol. The predicted octanol–water partition coefficient (Wildman–Crippen LogP) is 2.55. The summed E-state index contributed by atoms with van der Waals surface area (Å²) in [5, 5.41) is 10.1. The molecule has 0 saturated heterocycles. The zero-order valence-corrected chi connectivity index (χ0v) is 12.0. The first-order valence-corrected chi connectivity index (χ1v) is 6.61. The molecule has 2 atom stereocenters. The van der Waals surface area contributed by atoms with Crippen molar-refractivity contribution in [3.05, 3.63) is 46.9 Å². The molecule has 1 N–H and O–H groups in total.